The van der Waals surface area contributed by atoms with E-state index in [0.29, 0.717) is 0 Å². The van der Waals surface area contributed by atoms with Crippen LogP contribution in [0.4, 0.5) is 5.69 Å². The first-order valence-electron chi connectivity index (χ1n) is 4.27. The predicted octanol–water partition coefficient (Wildman–Crippen LogP) is 0.0533. The summed E-state index contributed by atoms with van der Waals surface area (Å²) in [5.74, 6) is -1.41. The first-order valence-corrected chi connectivity index (χ1v) is 4.27. The van der Waals surface area contributed by atoms with E-state index in [1.165, 1.54) is 13.1 Å². The number of nitrogens with one attached hydrogen (secondary N) is 1. The smallest absolute Gasteiger partial charge is 0.270 e. The lowest BCUT2D eigenvalue weighted by Crippen LogP contribution is -2.23. The molecule has 0 spiro atoms. The Balaban J connectivity index is 3.36. The number of non-ortho nitro benzene ring substituents is 1. The molecule has 1 aromatic carbocycles. The molecular weight excluding hydrogens is 214 g/mol. The predicted molar refractivity (Wildman–Crippen MR) is 55.0 cm³/mol. The molecule has 84 valence electrons. The molecule has 0 unspecified atom stereocenters. The zero-order chi connectivity index (χ0) is 12.3. The summed E-state index contributed by atoms with van der Waals surface area (Å²) in [5, 5.41) is 12.8. The average Bonchev–Trinajstić information content (AvgIpc) is 2.26. The van der Waals surface area contributed by atoms with Crippen molar-refractivity contribution in [3.63, 3.8) is 0 Å². The zero-order valence-corrected chi connectivity index (χ0v) is 8.39. The van der Waals surface area contributed by atoms with E-state index in [0.717, 1.165) is 12.1 Å². The van der Waals surface area contributed by atoms with Crippen molar-refractivity contribution >= 4 is 17.5 Å². The Morgan fingerprint density at radius 3 is 2.44 bits per heavy atom. The van der Waals surface area contributed by atoms with Gasteiger partial charge >= 0.3 is 0 Å². The molecule has 0 bridgehead atoms. The van der Waals surface area contributed by atoms with Crippen molar-refractivity contribution in [1.29, 1.82) is 0 Å². The van der Waals surface area contributed by atoms with Crippen LogP contribution in [0.1, 0.15) is 20.7 Å². The number of hydrogen-bond donors (Lipinski definition) is 2. The highest BCUT2D eigenvalue weighted by Crippen LogP contribution is 2.17. The highest BCUT2D eigenvalue weighted by atomic mass is 16.6. The van der Waals surface area contributed by atoms with Crippen molar-refractivity contribution in [1.82, 2.24) is 5.32 Å². The maximum absolute atomic E-state index is 11.3. The number of carbonyl (C=O) groups excluding carboxylic acids is 2. The van der Waals surface area contributed by atoms with E-state index in [2.05, 4.69) is 5.32 Å². The first-order chi connectivity index (χ1) is 7.47. The fourth-order valence-electron chi connectivity index (χ4n) is 1.18. The van der Waals surface area contributed by atoms with Gasteiger partial charge in [-0.25, -0.2) is 0 Å². The van der Waals surface area contributed by atoms with Crippen LogP contribution in [-0.2, 0) is 0 Å². The van der Waals surface area contributed by atoms with Gasteiger partial charge in [0.2, 0.25) is 5.91 Å². The van der Waals surface area contributed by atoms with E-state index in [1.54, 1.807) is 0 Å². The fourth-order valence-corrected chi connectivity index (χ4v) is 1.18. The second-order valence-electron chi connectivity index (χ2n) is 2.93. The summed E-state index contributed by atoms with van der Waals surface area (Å²) in [6.07, 6.45) is 0. The van der Waals surface area contributed by atoms with Crippen LogP contribution >= 0.6 is 0 Å². The molecule has 0 aliphatic carbocycles. The van der Waals surface area contributed by atoms with Crippen LogP contribution in [0.5, 0.6) is 0 Å². The van der Waals surface area contributed by atoms with E-state index in [1.807, 2.05) is 0 Å². The third kappa shape index (κ3) is 2.14. The molecular formula is C9H9N3O4. The number of amides is 2. The minimum absolute atomic E-state index is 0.0144. The number of nitro benzene ring substituents is 1. The molecule has 0 atom stereocenters. The maximum atomic E-state index is 11.3. The van der Waals surface area contributed by atoms with Gasteiger partial charge in [-0.15, -0.1) is 0 Å². The lowest BCUT2D eigenvalue weighted by Gasteiger charge is -2.04. The van der Waals surface area contributed by atoms with Crippen LogP contribution in [0.3, 0.4) is 0 Å². The summed E-state index contributed by atoms with van der Waals surface area (Å²) in [5.41, 5.74) is 4.59. The third-order valence-corrected chi connectivity index (χ3v) is 1.95. The second-order valence-corrected chi connectivity index (χ2v) is 2.93. The van der Waals surface area contributed by atoms with Crippen LogP contribution in [-0.4, -0.2) is 23.8 Å². The average molecular weight is 223 g/mol. The van der Waals surface area contributed by atoms with Crippen molar-refractivity contribution in [3.05, 3.63) is 39.4 Å². The fraction of sp³-hybridized carbons (Fsp3) is 0.111. The van der Waals surface area contributed by atoms with Gasteiger partial charge < -0.3 is 11.1 Å². The van der Waals surface area contributed by atoms with Gasteiger partial charge in [-0.3, -0.25) is 19.7 Å². The molecule has 0 fully saturated rings. The largest absolute Gasteiger partial charge is 0.366 e. The maximum Gasteiger partial charge on any atom is 0.270 e. The van der Waals surface area contributed by atoms with E-state index in [9.17, 15) is 19.7 Å². The van der Waals surface area contributed by atoms with Crippen molar-refractivity contribution in [2.75, 3.05) is 7.05 Å². The zero-order valence-electron chi connectivity index (χ0n) is 8.39. The Morgan fingerprint density at radius 1 is 1.38 bits per heavy atom. The van der Waals surface area contributed by atoms with Crippen LogP contribution in [0, 0.1) is 10.1 Å². The SMILES string of the molecule is CNC(=O)c1ccc([N+](=O)[O-])cc1C(N)=O. The second kappa shape index (κ2) is 4.39. The summed E-state index contributed by atoms with van der Waals surface area (Å²) in [7, 11) is 1.38. The van der Waals surface area contributed by atoms with Crippen molar-refractivity contribution in [2.45, 2.75) is 0 Å². The highest BCUT2D eigenvalue weighted by molar-refractivity contribution is 6.07. The monoisotopic (exact) mass is 223 g/mol. The van der Waals surface area contributed by atoms with Crippen LogP contribution < -0.4 is 11.1 Å². The summed E-state index contributed by atoms with van der Waals surface area (Å²) in [6, 6.07) is 3.31. The molecule has 0 saturated carbocycles. The molecule has 0 aliphatic rings. The van der Waals surface area contributed by atoms with E-state index < -0.39 is 16.7 Å². The van der Waals surface area contributed by atoms with E-state index >= 15 is 0 Å². The van der Waals surface area contributed by atoms with E-state index in [4.69, 9.17) is 5.73 Å². The summed E-state index contributed by atoms with van der Waals surface area (Å²) in [4.78, 5) is 32.2. The van der Waals surface area contributed by atoms with Gasteiger partial charge in [0.1, 0.15) is 0 Å². The number of hydrogen-bond acceptors (Lipinski definition) is 4. The molecule has 1 rings (SSSR count). The molecule has 0 saturated heterocycles. The topological polar surface area (TPSA) is 115 Å². The Bertz CT molecular complexity index is 470. The summed E-state index contributed by atoms with van der Waals surface area (Å²) < 4.78 is 0. The number of benzene rings is 1. The standard InChI is InChI=1S/C9H9N3O4/c1-11-9(14)6-3-2-5(12(15)16)4-7(6)8(10)13/h2-4H,1H3,(H2,10,13)(H,11,14). The molecule has 2 amide bonds. The number of nitro groups is 1. The van der Waals surface area contributed by atoms with Gasteiger partial charge in [0.05, 0.1) is 16.1 Å². The summed E-state index contributed by atoms with van der Waals surface area (Å²) >= 11 is 0. The number of nitrogens with zero attached hydrogens (tertiary/aromatic N) is 1. The van der Waals surface area contributed by atoms with Crippen molar-refractivity contribution < 1.29 is 14.5 Å². The molecule has 1 aromatic rings. The highest BCUT2D eigenvalue weighted by Gasteiger charge is 2.18. The van der Waals surface area contributed by atoms with Gasteiger partial charge in [0, 0.05) is 19.2 Å². The number of nitrogens with two attached hydrogens (primary N) is 1. The first kappa shape index (κ1) is 11.6. The molecule has 0 aliphatic heterocycles. The molecule has 3 N–H and O–H groups in total. The molecule has 0 radical (unpaired) electrons. The van der Waals surface area contributed by atoms with E-state index in [-0.39, 0.29) is 16.8 Å². The minimum Gasteiger partial charge on any atom is -0.366 e. The van der Waals surface area contributed by atoms with Gasteiger partial charge in [0.15, 0.2) is 0 Å². The minimum atomic E-state index is -0.887. The lowest BCUT2D eigenvalue weighted by molar-refractivity contribution is -0.384. The van der Waals surface area contributed by atoms with Crippen LogP contribution in [0.2, 0.25) is 0 Å². The number of carbonyl (C=O) groups is 2. The lowest BCUT2D eigenvalue weighted by atomic mass is 10.1. The van der Waals surface area contributed by atoms with Gasteiger partial charge in [-0.2, -0.15) is 0 Å². The third-order valence-electron chi connectivity index (χ3n) is 1.95. The molecule has 0 heterocycles. The number of primary amides is 1. The Labute approximate surface area is 90.4 Å². The summed E-state index contributed by atoms with van der Waals surface area (Å²) in [6.45, 7) is 0. The normalized spacial score (nSPS) is 9.56. The molecule has 0 aromatic heterocycles. The quantitative estimate of drug-likeness (QED) is 0.556. The molecule has 7 heteroatoms. The van der Waals surface area contributed by atoms with Gasteiger partial charge in [-0.1, -0.05) is 0 Å². The number of rotatable bonds is 3. The van der Waals surface area contributed by atoms with Crippen molar-refractivity contribution in [2.24, 2.45) is 5.73 Å². The van der Waals surface area contributed by atoms with Gasteiger partial charge in [-0.05, 0) is 6.07 Å². The van der Waals surface area contributed by atoms with Crippen LogP contribution in [0.15, 0.2) is 18.2 Å². The molecule has 7 nitrogen and oxygen atoms in total. The molecule has 16 heavy (non-hydrogen) atoms. The Morgan fingerprint density at radius 2 is 2.00 bits per heavy atom. The van der Waals surface area contributed by atoms with Gasteiger partial charge in [0.25, 0.3) is 11.6 Å². The van der Waals surface area contributed by atoms with Crippen molar-refractivity contribution in [3.8, 4) is 0 Å². The Kier molecular flexibility index (Phi) is 3.19. The Hall–Kier alpha value is -2.44. The van der Waals surface area contributed by atoms with Crippen LogP contribution in [0.25, 0.3) is 0 Å².